The first-order chi connectivity index (χ1) is 5.61. The van der Waals surface area contributed by atoms with Crippen LogP contribution in [0.2, 0.25) is 0 Å². The monoisotopic (exact) mass is 280 g/mol. The van der Waals surface area contributed by atoms with Gasteiger partial charge in [-0.15, -0.1) is 0 Å². The van der Waals surface area contributed by atoms with Crippen LogP contribution in [0.4, 0.5) is 8.78 Å². The van der Waals surface area contributed by atoms with Crippen LogP contribution in [0.3, 0.4) is 0 Å². The molecule has 12 heavy (non-hydrogen) atoms. The van der Waals surface area contributed by atoms with E-state index in [4.69, 9.17) is 0 Å². The molecule has 64 valence electrons. The molecule has 3 heteroatoms. The van der Waals surface area contributed by atoms with Gasteiger partial charge in [-0.05, 0) is 40.6 Å². The van der Waals surface area contributed by atoms with Crippen LogP contribution in [0.25, 0.3) is 0 Å². The van der Waals surface area contributed by atoms with E-state index < -0.39 is 5.92 Å². The van der Waals surface area contributed by atoms with Gasteiger partial charge in [-0.3, -0.25) is 0 Å². The van der Waals surface area contributed by atoms with Gasteiger partial charge in [0.1, 0.15) is 0 Å². The molecule has 0 radical (unpaired) electrons. The minimum Gasteiger partial charge on any atom is -0.201 e. The molecule has 0 spiro atoms. The average molecular weight is 280 g/mol. The lowest BCUT2D eigenvalue weighted by molar-refractivity contribution is -0.00260. The Balaban J connectivity index is 2.64. The van der Waals surface area contributed by atoms with Crippen molar-refractivity contribution in [1.82, 2.24) is 0 Å². The highest BCUT2D eigenvalue weighted by molar-refractivity contribution is 14.1. The summed E-state index contributed by atoms with van der Waals surface area (Å²) in [5, 5.41) is 0. The smallest absolute Gasteiger partial charge is 0.201 e. The Morgan fingerprint density at radius 2 is 2.08 bits per heavy atom. The van der Waals surface area contributed by atoms with Gasteiger partial charge < -0.3 is 0 Å². The van der Waals surface area contributed by atoms with Gasteiger partial charge in [-0.2, -0.15) is 0 Å². The molecule has 1 aromatic rings. The number of halogens is 3. The lowest BCUT2D eigenvalue weighted by Crippen LogP contribution is -2.09. The quantitative estimate of drug-likeness (QED) is 0.639. The molecule has 0 nitrogen and oxygen atoms in total. The van der Waals surface area contributed by atoms with Crippen molar-refractivity contribution in [3.8, 4) is 0 Å². The van der Waals surface area contributed by atoms with Crippen molar-refractivity contribution < 1.29 is 8.78 Å². The lowest BCUT2D eigenvalue weighted by atomic mass is 10.1. The Morgan fingerprint density at radius 3 is 2.75 bits per heavy atom. The van der Waals surface area contributed by atoms with Gasteiger partial charge in [0, 0.05) is 15.6 Å². The maximum absolute atomic E-state index is 13.2. The molecule has 0 heterocycles. The van der Waals surface area contributed by atoms with Crippen LogP contribution in [0.5, 0.6) is 0 Å². The summed E-state index contributed by atoms with van der Waals surface area (Å²) in [7, 11) is 0. The summed E-state index contributed by atoms with van der Waals surface area (Å²) in [5.41, 5.74) is 1.07. The normalized spacial score (nSPS) is 19.2. The zero-order valence-electron chi connectivity index (χ0n) is 6.28. The van der Waals surface area contributed by atoms with Crippen molar-refractivity contribution in [2.24, 2.45) is 0 Å². The molecule has 2 rings (SSSR count). The molecule has 0 amide bonds. The maximum atomic E-state index is 13.2. The van der Waals surface area contributed by atoms with E-state index in [2.05, 4.69) is 0 Å². The molecule has 1 aromatic carbocycles. The van der Waals surface area contributed by atoms with E-state index in [1.807, 2.05) is 28.7 Å². The summed E-state index contributed by atoms with van der Waals surface area (Å²) in [6.45, 7) is 0. The van der Waals surface area contributed by atoms with Crippen LogP contribution in [0.1, 0.15) is 17.5 Å². The van der Waals surface area contributed by atoms with Crippen LogP contribution in [0.15, 0.2) is 18.2 Å². The molecule has 0 aliphatic heterocycles. The molecule has 0 bridgehead atoms. The fourth-order valence-corrected chi connectivity index (χ4v) is 2.55. The third kappa shape index (κ3) is 1.14. The predicted molar refractivity (Wildman–Crippen MR) is 51.4 cm³/mol. The topological polar surface area (TPSA) is 0 Å². The summed E-state index contributed by atoms with van der Waals surface area (Å²) in [5.74, 6) is -2.59. The molecular formula is C9H7F2I. The van der Waals surface area contributed by atoms with Gasteiger partial charge in [0.2, 0.25) is 0 Å². The summed E-state index contributed by atoms with van der Waals surface area (Å²) < 4.78 is 27.1. The molecule has 1 aliphatic rings. The van der Waals surface area contributed by atoms with Gasteiger partial charge in [-0.1, -0.05) is 12.1 Å². The largest absolute Gasteiger partial charge is 0.274 e. The third-order valence-corrected chi connectivity index (χ3v) is 3.07. The van der Waals surface area contributed by atoms with E-state index >= 15 is 0 Å². The number of hydrogen-bond acceptors (Lipinski definition) is 0. The highest BCUT2D eigenvalue weighted by Crippen LogP contribution is 2.43. The van der Waals surface area contributed by atoms with E-state index in [1.54, 1.807) is 12.1 Å². The minimum absolute atomic E-state index is 0.0254. The molecule has 0 saturated carbocycles. The number of aryl methyl sites for hydroxylation is 1. The molecule has 0 atom stereocenters. The number of rotatable bonds is 0. The van der Waals surface area contributed by atoms with Crippen molar-refractivity contribution in [3.05, 3.63) is 32.9 Å². The van der Waals surface area contributed by atoms with Crippen LogP contribution in [-0.4, -0.2) is 0 Å². The second-order valence-corrected chi connectivity index (χ2v) is 4.14. The van der Waals surface area contributed by atoms with E-state index in [-0.39, 0.29) is 12.0 Å². The second-order valence-electron chi connectivity index (χ2n) is 2.98. The fraction of sp³-hybridized carbons (Fsp3) is 0.333. The zero-order valence-corrected chi connectivity index (χ0v) is 8.44. The molecule has 0 saturated heterocycles. The number of alkyl halides is 2. The number of fused-ring (bicyclic) bond motifs is 1. The van der Waals surface area contributed by atoms with Crippen molar-refractivity contribution >= 4 is 22.6 Å². The Bertz CT molecular complexity index is 320. The Kier molecular flexibility index (Phi) is 1.86. The standard InChI is InChI=1S/C9H7F2I/c10-9(11)5-4-6-2-1-3-7(12)8(6)9/h1-3H,4-5H2. The number of benzene rings is 1. The second kappa shape index (κ2) is 2.65. The molecule has 0 aromatic heterocycles. The van der Waals surface area contributed by atoms with Gasteiger partial charge >= 0.3 is 0 Å². The molecule has 0 fully saturated rings. The van der Waals surface area contributed by atoms with Gasteiger partial charge in [-0.25, -0.2) is 8.78 Å². The SMILES string of the molecule is FC1(F)CCc2cccc(I)c21. The molecule has 0 unspecified atom stereocenters. The van der Waals surface area contributed by atoms with Crippen molar-refractivity contribution in [2.75, 3.05) is 0 Å². The van der Waals surface area contributed by atoms with E-state index in [0.717, 1.165) is 5.56 Å². The van der Waals surface area contributed by atoms with E-state index in [0.29, 0.717) is 9.99 Å². The average Bonchev–Trinajstić information content (AvgIpc) is 2.29. The minimum atomic E-state index is -2.59. The highest BCUT2D eigenvalue weighted by atomic mass is 127. The van der Waals surface area contributed by atoms with Gasteiger partial charge in [0.15, 0.2) is 0 Å². The molecule has 0 N–H and O–H groups in total. The highest BCUT2D eigenvalue weighted by Gasteiger charge is 2.40. The summed E-state index contributed by atoms with van der Waals surface area (Å²) in [6.07, 6.45) is 0.488. The summed E-state index contributed by atoms with van der Waals surface area (Å²) >= 11 is 1.97. The van der Waals surface area contributed by atoms with Crippen molar-refractivity contribution in [3.63, 3.8) is 0 Å². The Hall–Kier alpha value is -0.190. The van der Waals surface area contributed by atoms with Crippen LogP contribution in [-0.2, 0) is 12.3 Å². The summed E-state index contributed by atoms with van der Waals surface area (Å²) in [6, 6.07) is 5.36. The van der Waals surface area contributed by atoms with E-state index in [1.165, 1.54) is 0 Å². The zero-order chi connectivity index (χ0) is 8.77. The lowest BCUT2D eigenvalue weighted by Gasteiger charge is -2.11. The van der Waals surface area contributed by atoms with Gasteiger partial charge in [0.25, 0.3) is 5.92 Å². The van der Waals surface area contributed by atoms with Gasteiger partial charge in [0.05, 0.1) is 0 Å². The van der Waals surface area contributed by atoms with E-state index in [9.17, 15) is 8.78 Å². The van der Waals surface area contributed by atoms with Crippen LogP contribution in [0, 0.1) is 3.57 Å². The maximum Gasteiger partial charge on any atom is 0.274 e. The van der Waals surface area contributed by atoms with Crippen LogP contribution < -0.4 is 0 Å². The molecular weight excluding hydrogens is 273 g/mol. The van der Waals surface area contributed by atoms with Crippen molar-refractivity contribution in [2.45, 2.75) is 18.8 Å². The number of hydrogen-bond donors (Lipinski definition) is 0. The Labute approximate surface area is 83.1 Å². The third-order valence-electron chi connectivity index (χ3n) is 2.17. The first-order valence-corrected chi connectivity index (χ1v) is 4.85. The fourth-order valence-electron chi connectivity index (χ4n) is 1.60. The van der Waals surface area contributed by atoms with Crippen molar-refractivity contribution in [1.29, 1.82) is 0 Å². The predicted octanol–water partition coefficient (Wildman–Crippen LogP) is 3.33. The first-order valence-electron chi connectivity index (χ1n) is 3.77. The summed E-state index contributed by atoms with van der Waals surface area (Å²) in [4.78, 5) is 0. The van der Waals surface area contributed by atoms with Crippen LogP contribution >= 0.6 is 22.6 Å². The Morgan fingerprint density at radius 1 is 1.33 bits per heavy atom. The first kappa shape index (κ1) is 8.41. The molecule has 1 aliphatic carbocycles.